The summed E-state index contributed by atoms with van der Waals surface area (Å²) in [6.07, 6.45) is 1.01. The van der Waals surface area contributed by atoms with Crippen molar-refractivity contribution in [2.24, 2.45) is 0 Å². The Morgan fingerprint density at radius 1 is 1.18 bits per heavy atom. The fraction of sp³-hybridized carbons (Fsp3) is 0.381. The molecule has 3 N–H and O–H groups in total. The highest BCUT2D eigenvalue weighted by atomic mass is 32.2. The summed E-state index contributed by atoms with van der Waals surface area (Å²) in [6.45, 7) is 6.44. The van der Waals surface area contributed by atoms with E-state index in [1.807, 2.05) is 30.3 Å². The number of anilines is 2. The van der Waals surface area contributed by atoms with E-state index in [2.05, 4.69) is 29.2 Å². The summed E-state index contributed by atoms with van der Waals surface area (Å²) in [7, 11) is -3.58. The van der Waals surface area contributed by atoms with Gasteiger partial charge in [-0.3, -0.25) is 4.79 Å². The van der Waals surface area contributed by atoms with Crippen LogP contribution in [0, 0.1) is 0 Å². The van der Waals surface area contributed by atoms with Crippen molar-refractivity contribution in [1.29, 1.82) is 0 Å². The van der Waals surface area contributed by atoms with Crippen LogP contribution >= 0.6 is 0 Å². The molecule has 1 atom stereocenters. The van der Waals surface area contributed by atoms with Crippen molar-refractivity contribution in [2.75, 3.05) is 17.2 Å². The van der Waals surface area contributed by atoms with Crippen molar-refractivity contribution < 1.29 is 13.2 Å². The third-order valence-corrected chi connectivity index (χ3v) is 6.44. The molecule has 6 nitrogen and oxygen atoms in total. The summed E-state index contributed by atoms with van der Waals surface area (Å²) in [5.41, 5.74) is 3.79. The fourth-order valence-electron chi connectivity index (χ4n) is 3.22. The van der Waals surface area contributed by atoms with E-state index >= 15 is 0 Å². The Balaban J connectivity index is 1.69. The van der Waals surface area contributed by atoms with Gasteiger partial charge in [-0.1, -0.05) is 39.0 Å². The molecule has 0 aliphatic carbocycles. The van der Waals surface area contributed by atoms with Gasteiger partial charge in [0.2, 0.25) is 15.9 Å². The van der Waals surface area contributed by atoms with E-state index < -0.39 is 10.0 Å². The van der Waals surface area contributed by atoms with E-state index in [4.69, 9.17) is 0 Å². The molecular formula is C21H27N3O3S. The lowest BCUT2D eigenvalue weighted by Crippen LogP contribution is -2.43. The molecule has 1 aliphatic rings. The summed E-state index contributed by atoms with van der Waals surface area (Å²) < 4.78 is 28.2. The summed E-state index contributed by atoms with van der Waals surface area (Å²) in [6, 6.07) is 12.5. The van der Waals surface area contributed by atoms with Crippen LogP contribution in [0.3, 0.4) is 0 Å². The van der Waals surface area contributed by atoms with Gasteiger partial charge in [-0.15, -0.1) is 0 Å². The summed E-state index contributed by atoms with van der Waals surface area (Å²) in [5.74, 6) is 0.320. The maximum Gasteiger partial charge on any atom is 0.240 e. The predicted octanol–water partition coefficient (Wildman–Crippen LogP) is 3.47. The van der Waals surface area contributed by atoms with E-state index in [1.54, 1.807) is 19.1 Å². The Bertz CT molecular complexity index is 953. The molecule has 1 amide bonds. The van der Waals surface area contributed by atoms with E-state index in [-0.39, 0.29) is 16.8 Å². The molecule has 0 bridgehead atoms. The van der Waals surface area contributed by atoms with Crippen LogP contribution in [0.4, 0.5) is 11.4 Å². The van der Waals surface area contributed by atoms with Gasteiger partial charge < -0.3 is 10.6 Å². The van der Waals surface area contributed by atoms with E-state index in [0.29, 0.717) is 25.3 Å². The molecule has 0 aromatic heterocycles. The van der Waals surface area contributed by atoms with Crippen LogP contribution in [-0.2, 0) is 21.2 Å². The number of benzene rings is 2. The summed E-state index contributed by atoms with van der Waals surface area (Å²) in [5, 5.41) is 6.10. The lowest BCUT2D eigenvalue weighted by atomic mass is 10.00. The van der Waals surface area contributed by atoms with Gasteiger partial charge in [0.1, 0.15) is 0 Å². The van der Waals surface area contributed by atoms with Crippen LogP contribution in [0.15, 0.2) is 47.4 Å². The Morgan fingerprint density at radius 2 is 1.89 bits per heavy atom. The molecule has 1 unspecified atom stereocenters. The Morgan fingerprint density at radius 3 is 2.54 bits per heavy atom. The zero-order valence-electron chi connectivity index (χ0n) is 16.5. The number of hydrogen-bond donors (Lipinski definition) is 3. The maximum absolute atomic E-state index is 12.7. The first-order valence-electron chi connectivity index (χ1n) is 9.57. The van der Waals surface area contributed by atoms with Crippen LogP contribution in [0.2, 0.25) is 0 Å². The molecule has 0 fully saturated rings. The minimum atomic E-state index is -3.58. The van der Waals surface area contributed by atoms with Crippen LogP contribution < -0.4 is 15.4 Å². The molecule has 0 spiro atoms. The quantitative estimate of drug-likeness (QED) is 0.692. The standard InChI is InChI=1S/C21H27N3O3S/c1-4-21(25)23-17-8-5-16-11-18(13-22-20(16)12-17)24-28(26,27)19-9-6-15(7-10-19)14(2)3/h5-10,12,14,18,22,24H,4,11,13H2,1-3H3,(H,23,25). The average molecular weight is 402 g/mol. The Labute approximate surface area is 166 Å². The lowest BCUT2D eigenvalue weighted by molar-refractivity contribution is -0.115. The van der Waals surface area contributed by atoms with E-state index in [1.165, 1.54) is 0 Å². The molecule has 0 saturated carbocycles. The largest absolute Gasteiger partial charge is 0.383 e. The predicted molar refractivity (Wildman–Crippen MR) is 112 cm³/mol. The van der Waals surface area contributed by atoms with Gasteiger partial charge in [-0.2, -0.15) is 0 Å². The number of rotatable bonds is 6. The third-order valence-electron chi connectivity index (χ3n) is 4.90. The monoisotopic (exact) mass is 401 g/mol. The molecule has 1 heterocycles. The van der Waals surface area contributed by atoms with Crippen LogP contribution in [0.5, 0.6) is 0 Å². The molecule has 7 heteroatoms. The average Bonchev–Trinajstić information content (AvgIpc) is 2.67. The van der Waals surface area contributed by atoms with Crippen molar-refractivity contribution in [2.45, 2.75) is 50.5 Å². The smallest absolute Gasteiger partial charge is 0.240 e. The Hall–Kier alpha value is -2.38. The number of carbonyl (C=O) groups excluding carboxylic acids is 1. The minimum Gasteiger partial charge on any atom is -0.383 e. The zero-order chi connectivity index (χ0) is 20.3. The molecule has 2 aromatic carbocycles. The first-order valence-corrected chi connectivity index (χ1v) is 11.1. The van der Waals surface area contributed by atoms with Crippen LogP contribution in [0.25, 0.3) is 0 Å². The summed E-state index contributed by atoms with van der Waals surface area (Å²) >= 11 is 0. The highest BCUT2D eigenvalue weighted by molar-refractivity contribution is 7.89. The van der Waals surface area contributed by atoms with Gasteiger partial charge in [0.15, 0.2) is 0 Å². The highest BCUT2D eigenvalue weighted by Gasteiger charge is 2.24. The molecular weight excluding hydrogens is 374 g/mol. The second-order valence-electron chi connectivity index (χ2n) is 7.40. The normalized spacial score (nSPS) is 16.4. The highest BCUT2D eigenvalue weighted by Crippen LogP contribution is 2.26. The van der Waals surface area contributed by atoms with Gasteiger partial charge in [0.05, 0.1) is 4.90 Å². The lowest BCUT2D eigenvalue weighted by Gasteiger charge is -2.27. The van der Waals surface area contributed by atoms with E-state index in [0.717, 1.165) is 22.5 Å². The number of sulfonamides is 1. The first-order chi connectivity index (χ1) is 13.3. The van der Waals surface area contributed by atoms with Crippen LogP contribution in [0.1, 0.15) is 44.2 Å². The summed E-state index contributed by atoms with van der Waals surface area (Å²) in [4.78, 5) is 11.8. The van der Waals surface area contributed by atoms with Gasteiger partial charge in [-0.05, 0) is 47.7 Å². The van der Waals surface area contributed by atoms with Gasteiger partial charge >= 0.3 is 0 Å². The van der Waals surface area contributed by atoms with Gasteiger partial charge in [0.25, 0.3) is 0 Å². The topological polar surface area (TPSA) is 87.3 Å². The molecule has 150 valence electrons. The molecule has 1 aliphatic heterocycles. The second-order valence-corrected chi connectivity index (χ2v) is 9.11. The molecule has 3 rings (SSSR count). The second kappa shape index (κ2) is 8.32. The first kappa shape index (κ1) is 20.4. The number of fused-ring (bicyclic) bond motifs is 1. The van der Waals surface area contributed by atoms with Gasteiger partial charge in [-0.25, -0.2) is 13.1 Å². The van der Waals surface area contributed by atoms with Crippen molar-refractivity contribution >= 4 is 27.3 Å². The molecule has 2 aromatic rings. The number of amides is 1. The van der Waals surface area contributed by atoms with Crippen molar-refractivity contribution in [3.8, 4) is 0 Å². The maximum atomic E-state index is 12.7. The van der Waals surface area contributed by atoms with Gasteiger partial charge in [0, 0.05) is 30.4 Å². The molecule has 28 heavy (non-hydrogen) atoms. The number of hydrogen-bond acceptors (Lipinski definition) is 4. The zero-order valence-corrected chi connectivity index (χ0v) is 17.3. The Kier molecular flexibility index (Phi) is 6.05. The van der Waals surface area contributed by atoms with Crippen LogP contribution in [-0.4, -0.2) is 26.9 Å². The van der Waals surface area contributed by atoms with E-state index in [9.17, 15) is 13.2 Å². The molecule has 0 saturated heterocycles. The number of carbonyl (C=O) groups is 1. The third kappa shape index (κ3) is 4.72. The molecule has 0 radical (unpaired) electrons. The van der Waals surface area contributed by atoms with Crippen molar-refractivity contribution in [3.63, 3.8) is 0 Å². The van der Waals surface area contributed by atoms with Crippen molar-refractivity contribution in [1.82, 2.24) is 4.72 Å². The minimum absolute atomic E-state index is 0.0371. The number of nitrogens with one attached hydrogen (secondary N) is 3. The fourth-order valence-corrected chi connectivity index (χ4v) is 4.46. The SMILES string of the molecule is CCC(=O)Nc1ccc2c(c1)NCC(NS(=O)(=O)c1ccc(C(C)C)cc1)C2. The van der Waals surface area contributed by atoms with Crippen molar-refractivity contribution in [3.05, 3.63) is 53.6 Å².